The fourth-order valence-electron chi connectivity index (χ4n) is 2.93. The molecule has 4 nitrogen and oxygen atoms in total. The van der Waals surface area contributed by atoms with Gasteiger partial charge >= 0.3 is 0 Å². The van der Waals surface area contributed by atoms with E-state index >= 15 is 0 Å². The molecule has 1 aromatic rings. The van der Waals surface area contributed by atoms with Gasteiger partial charge in [-0.05, 0) is 40.9 Å². The normalized spacial score (nSPS) is 21.6. The Kier molecular flexibility index (Phi) is 4.28. The quantitative estimate of drug-likeness (QED) is 0.884. The lowest BCUT2D eigenvalue weighted by atomic mass is 9.90. The zero-order valence-electron chi connectivity index (χ0n) is 11.5. The summed E-state index contributed by atoms with van der Waals surface area (Å²) in [6, 6.07) is 4.53. The van der Waals surface area contributed by atoms with Gasteiger partial charge in [-0.1, -0.05) is 6.07 Å². The van der Waals surface area contributed by atoms with Gasteiger partial charge in [-0.15, -0.1) is 0 Å². The van der Waals surface area contributed by atoms with Crippen molar-refractivity contribution < 1.29 is 18.7 Å². The van der Waals surface area contributed by atoms with Crippen molar-refractivity contribution in [2.24, 2.45) is 0 Å². The van der Waals surface area contributed by atoms with E-state index in [9.17, 15) is 9.18 Å². The third-order valence-electron chi connectivity index (χ3n) is 4.09. The number of carbonyl (C=O) groups is 1. The van der Waals surface area contributed by atoms with Crippen molar-refractivity contribution >= 4 is 21.8 Å². The predicted molar refractivity (Wildman–Crippen MR) is 78.5 cm³/mol. The van der Waals surface area contributed by atoms with Gasteiger partial charge < -0.3 is 14.8 Å². The van der Waals surface area contributed by atoms with Crippen molar-refractivity contribution in [3.63, 3.8) is 0 Å². The molecule has 21 heavy (non-hydrogen) atoms. The van der Waals surface area contributed by atoms with E-state index in [1.54, 1.807) is 6.07 Å². The van der Waals surface area contributed by atoms with Gasteiger partial charge in [0.2, 0.25) is 0 Å². The number of ether oxygens (including phenoxy) is 2. The van der Waals surface area contributed by atoms with Gasteiger partial charge in [0.1, 0.15) is 5.82 Å². The van der Waals surface area contributed by atoms with Crippen LogP contribution in [0.5, 0.6) is 0 Å². The number of benzene rings is 1. The fraction of sp³-hybridized carbons (Fsp3) is 0.533. The van der Waals surface area contributed by atoms with E-state index in [0.29, 0.717) is 18.8 Å². The number of amides is 1. The van der Waals surface area contributed by atoms with Crippen LogP contribution in [0, 0.1) is 5.82 Å². The molecule has 1 aliphatic heterocycles. The van der Waals surface area contributed by atoms with Gasteiger partial charge in [0.05, 0.1) is 23.2 Å². The van der Waals surface area contributed by atoms with E-state index in [1.807, 2.05) is 0 Å². The Labute approximate surface area is 131 Å². The number of carbonyl (C=O) groups excluding carboxylic acids is 1. The summed E-state index contributed by atoms with van der Waals surface area (Å²) in [5, 5.41) is 2.96. The topological polar surface area (TPSA) is 47.6 Å². The minimum absolute atomic E-state index is 0.0751. The second-order valence-electron chi connectivity index (χ2n) is 5.46. The van der Waals surface area contributed by atoms with Gasteiger partial charge in [-0.25, -0.2) is 4.39 Å². The molecule has 1 heterocycles. The number of nitrogens with one attached hydrogen (secondary N) is 1. The Morgan fingerprint density at radius 3 is 2.62 bits per heavy atom. The van der Waals surface area contributed by atoms with Gasteiger partial charge in [0, 0.05) is 18.9 Å². The van der Waals surface area contributed by atoms with Crippen LogP contribution in [-0.4, -0.2) is 30.9 Å². The Balaban J connectivity index is 1.60. The fourth-order valence-corrected chi connectivity index (χ4v) is 3.37. The molecule has 114 valence electrons. The predicted octanol–water partition coefficient (Wildman–Crippen LogP) is 3.00. The molecule has 0 atom stereocenters. The first-order valence-electron chi connectivity index (χ1n) is 7.12. The molecule has 1 spiro atoms. The average Bonchev–Trinajstić information content (AvgIpc) is 2.93. The third kappa shape index (κ3) is 3.12. The van der Waals surface area contributed by atoms with Crippen LogP contribution in [0.2, 0.25) is 0 Å². The van der Waals surface area contributed by atoms with E-state index in [4.69, 9.17) is 9.47 Å². The molecule has 0 aromatic heterocycles. The Hall–Kier alpha value is -0.980. The lowest BCUT2D eigenvalue weighted by Gasteiger charge is -2.35. The molecule has 1 aromatic carbocycles. The summed E-state index contributed by atoms with van der Waals surface area (Å²) in [6.07, 6.45) is 3.17. The van der Waals surface area contributed by atoms with E-state index in [1.165, 1.54) is 12.1 Å². The van der Waals surface area contributed by atoms with E-state index in [0.717, 1.165) is 25.7 Å². The first kappa shape index (κ1) is 14.9. The Morgan fingerprint density at radius 1 is 1.29 bits per heavy atom. The molecule has 1 saturated carbocycles. The van der Waals surface area contributed by atoms with Gasteiger partial charge in [-0.3, -0.25) is 4.79 Å². The first-order valence-corrected chi connectivity index (χ1v) is 7.92. The van der Waals surface area contributed by atoms with E-state index < -0.39 is 11.6 Å². The standard InChI is InChI=1S/C15H17BrFNO3/c16-13-11(2-1-3-12(13)17)14(19)18-10-4-6-15(7-5-10)20-8-9-21-15/h1-3,10H,4-9H2,(H,18,19). The van der Waals surface area contributed by atoms with Crippen molar-refractivity contribution in [1.29, 1.82) is 0 Å². The van der Waals surface area contributed by atoms with E-state index in [-0.39, 0.29) is 16.4 Å². The highest BCUT2D eigenvalue weighted by atomic mass is 79.9. The molecule has 2 fully saturated rings. The maximum atomic E-state index is 13.5. The highest BCUT2D eigenvalue weighted by Gasteiger charge is 2.40. The van der Waals surface area contributed by atoms with Crippen LogP contribution in [0.3, 0.4) is 0 Å². The monoisotopic (exact) mass is 357 g/mol. The highest BCUT2D eigenvalue weighted by molar-refractivity contribution is 9.10. The van der Waals surface area contributed by atoms with Crippen LogP contribution in [-0.2, 0) is 9.47 Å². The van der Waals surface area contributed by atoms with Crippen LogP contribution >= 0.6 is 15.9 Å². The molecule has 0 bridgehead atoms. The summed E-state index contributed by atoms with van der Waals surface area (Å²) in [5.74, 6) is -1.12. The number of hydrogen-bond donors (Lipinski definition) is 1. The average molecular weight is 358 g/mol. The largest absolute Gasteiger partial charge is 0.349 e. The molecule has 1 N–H and O–H groups in total. The first-order chi connectivity index (χ1) is 10.1. The maximum absolute atomic E-state index is 13.5. The minimum atomic E-state index is -0.432. The molecular formula is C15H17BrFNO3. The summed E-state index contributed by atoms with van der Waals surface area (Å²) in [6.45, 7) is 1.29. The molecule has 2 aliphatic rings. The Morgan fingerprint density at radius 2 is 1.95 bits per heavy atom. The summed E-state index contributed by atoms with van der Waals surface area (Å²) in [7, 11) is 0. The van der Waals surface area contributed by atoms with Gasteiger partial charge in [0.15, 0.2) is 5.79 Å². The molecule has 3 rings (SSSR count). The highest BCUT2D eigenvalue weighted by Crippen LogP contribution is 2.35. The zero-order chi connectivity index (χ0) is 14.9. The van der Waals surface area contributed by atoms with Gasteiger partial charge in [-0.2, -0.15) is 0 Å². The van der Waals surface area contributed by atoms with Crippen molar-refractivity contribution in [2.75, 3.05) is 13.2 Å². The second kappa shape index (κ2) is 6.02. The van der Waals surface area contributed by atoms with Crippen molar-refractivity contribution in [2.45, 2.75) is 37.5 Å². The molecule has 0 unspecified atom stereocenters. The van der Waals surface area contributed by atoms with Crippen molar-refractivity contribution in [3.8, 4) is 0 Å². The lowest BCUT2D eigenvalue weighted by Crippen LogP contribution is -2.44. The van der Waals surface area contributed by atoms with Crippen LogP contribution in [0.1, 0.15) is 36.0 Å². The third-order valence-corrected chi connectivity index (χ3v) is 4.90. The lowest BCUT2D eigenvalue weighted by molar-refractivity contribution is -0.179. The molecule has 0 radical (unpaired) electrons. The number of hydrogen-bond acceptors (Lipinski definition) is 3. The molecule has 6 heteroatoms. The van der Waals surface area contributed by atoms with Crippen LogP contribution in [0.15, 0.2) is 22.7 Å². The maximum Gasteiger partial charge on any atom is 0.252 e. The number of halogens is 2. The second-order valence-corrected chi connectivity index (χ2v) is 6.25. The SMILES string of the molecule is O=C(NC1CCC2(CC1)OCCO2)c1cccc(F)c1Br. The van der Waals surface area contributed by atoms with Gasteiger partial charge in [0.25, 0.3) is 5.91 Å². The molecular weight excluding hydrogens is 341 g/mol. The minimum Gasteiger partial charge on any atom is -0.349 e. The summed E-state index contributed by atoms with van der Waals surface area (Å²) < 4.78 is 25.0. The molecule has 1 aliphatic carbocycles. The van der Waals surface area contributed by atoms with Crippen LogP contribution in [0.4, 0.5) is 4.39 Å². The smallest absolute Gasteiger partial charge is 0.252 e. The number of rotatable bonds is 2. The zero-order valence-corrected chi connectivity index (χ0v) is 13.1. The summed E-state index contributed by atoms with van der Waals surface area (Å²) >= 11 is 3.12. The summed E-state index contributed by atoms with van der Waals surface area (Å²) in [4.78, 5) is 12.2. The van der Waals surface area contributed by atoms with E-state index in [2.05, 4.69) is 21.2 Å². The molecule has 1 amide bonds. The van der Waals surface area contributed by atoms with Crippen molar-refractivity contribution in [1.82, 2.24) is 5.32 Å². The van der Waals surface area contributed by atoms with Crippen molar-refractivity contribution in [3.05, 3.63) is 34.1 Å². The van der Waals surface area contributed by atoms with Crippen LogP contribution < -0.4 is 5.32 Å². The van der Waals surface area contributed by atoms with Crippen LogP contribution in [0.25, 0.3) is 0 Å². The molecule has 1 saturated heterocycles. The Bertz CT molecular complexity index is 536. The summed E-state index contributed by atoms with van der Waals surface area (Å²) in [5.41, 5.74) is 0.323.